The second-order valence-corrected chi connectivity index (χ2v) is 6.41. The van der Waals surface area contributed by atoms with Crippen molar-refractivity contribution in [3.8, 4) is 5.75 Å². The molecule has 102 valence electrons. The maximum Gasteiger partial charge on any atom is 0.238 e. The number of primary sulfonamides is 1. The Morgan fingerprint density at radius 1 is 1.32 bits per heavy atom. The molecule has 3 N–H and O–H groups in total. The fourth-order valence-corrected chi connectivity index (χ4v) is 3.40. The highest BCUT2D eigenvalue weighted by molar-refractivity contribution is 7.89. The zero-order valence-corrected chi connectivity index (χ0v) is 11.7. The lowest BCUT2D eigenvalue weighted by atomic mass is 10.1. The molecule has 5 nitrogen and oxygen atoms in total. The molecule has 1 aromatic heterocycles. The fraction of sp³-hybridized carbons (Fsp3) is 0.167. The molecule has 19 heavy (non-hydrogen) atoms. The minimum Gasteiger partial charge on any atom is -0.497 e. The van der Waals surface area contributed by atoms with Gasteiger partial charge in [-0.1, -0.05) is 12.1 Å². The first-order valence-corrected chi connectivity index (χ1v) is 7.77. The molecule has 0 fully saturated rings. The maximum atomic E-state index is 11.2. The van der Waals surface area contributed by atoms with Gasteiger partial charge in [0, 0.05) is 10.3 Å². The van der Waals surface area contributed by atoms with Crippen molar-refractivity contribution in [3.05, 3.63) is 46.2 Å². The van der Waals surface area contributed by atoms with Gasteiger partial charge < -0.3 is 9.84 Å². The number of benzene rings is 1. The van der Waals surface area contributed by atoms with E-state index in [4.69, 9.17) is 9.88 Å². The van der Waals surface area contributed by atoms with Crippen LogP contribution in [0, 0.1) is 0 Å². The topological polar surface area (TPSA) is 89.6 Å². The summed E-state index contributed by atoms with van der Waals surface area (Å²) in [5.41, 5.74) is 0.656. The molecule has 0 aliphatic heterocycles. The van der Waals surface area contributed by atoms with Gasteiger partial charge in [0.2, 0.25) is 10.0 Å². The van der Waals surface area contributed by atoms with Gasteiger partial charge in [-0.2, -0.15) is 0 Å². The molecule has 0 saturated heterocycles. The molecule has 2 aromatic rings. The van der Waals surface area contributed by atoms with Crippen molar-refractivity contribution in [1.29, 1.82) is 0 Å². The maximum absolute atomic E-state index is 11.2. The van der Waals surface area contributed by atoms with Crippen LogP contribution in [-0.2, 0) is 10.0 Å². The van der Waals surface area contributed by atoms with E-state index in [9.17, 15) is 13.5 Å². The van der Waals surface area contributed by atoms with Crippen molar-refractivity contribution < 1.29 is 18.3 Å². The third-order valence-corrected chi connectivity index (χ3v) is 4.65. The highest BCUT2D eigenvalue weighted by Gasteiger charge is 2.17. The van der Waals surface area contributed by atoms with E-state index in [0.717, 1.165) is 11.3 Å². The van der Waals surface area contributed by atoms with E-state index in [-0.39, 0.29) is 4.90 Å². The van der Waals surface area contributed by atoms with Crippen molar-refractivity contribution in [3.63, 3.8) is 0 Å². The Kier molecular flexibility index (Phi) is 3.91. The Balaban J connectivity index is 2.28. The van der Waals surface area contributed by atoms with Crippen LogP contribution < -0.4 is 9.88 Å². The molecule has 1 heterocycles. The molecule has 0 aliphatic rings. The van der Waals surface area contributed by atoms with Crippen LogP contribution in [0.1, 0.15) is 16.5 Å². The summed E-state index contributed by atoms with van der Waals surface area (Å²) in [5.74, 6) is 0.687. The second kappa shape index (κ2) is 5.30. The third kappa shape index (κ3) is 3.13. The van der Waals surface area contributed by atoms with Crippen LogP contribution in [-0.4, -0.2) is 20.6 Å². The molecule has 0 radical (unpaired) electrons. The monoisotopic (exact) mass is 299 g/mol. The van der Waals surface area contributed by atoms with Gasteiger partial charge in [-0.05, 0) is 23.8 Å². The Bertz CT molecular complexity index is 661. The molecule has 0 bridgehead atoms. The highest BCUT2D eigenvalue weighted by Crippen LogP contribution is 2.29. The van der Waals surface area contributed by atoms with E-state index in [1.807, 2.05) is 0 Å². The van der Waals surface area contributed by atoms with Gasteiger partial charge in [-0.25, -0.2) is 13.6 Å². The molecule has 1 aromatic carbocycles. The number of methoxy groups -OCH3 is 1. The van der Waals surface area contributed by atoms with Crippen LogP contribution in [0.25, 0.3) is 0 Å². The minimum atomic E-state index is -3.73. The zero-order chi connectivity index (χ0) is 14.0. The zero-order valence-electron chi connectivity index (χ0n) is 10.1. The molecule has 0 spiro atoms. The largest absolute Gasteiger partial charge is 0.497 e. The Morgan fingerprint density at radius 2 is 1.95 bits per heavy atom. The van der Waals surface area contributed by atoms with E-state index < -0.39 is 16.1 Å². The molecule has 2 rings (SSSR count). The summed E-state index contributed by atoms with van der Waals surface area (Å²) in [5, 5.41) is 16.6. The third-order valence-electron chi connectivity index (χ3n) is 2.63. The number of rotatable bonds is 4. The number of hydrogen-bond donors (Lipinski definition) is 2. The van der Waals surface area contributed by atoms with Gasteiger partial charge in [0.15, 0.2) is 0 Å². The standard InChI is InChI=1S/C12H13NO4S2/c1-17-9-4-2-8(3-5-9)12(14)11-6-10(7-18-11)19(13,15)16/h2-7,12,14H,1H3,(H2,13,15,16). The molecule has 1 atom stereocenters. The van der Waals surface area contributed by atoms with Gasteiger partial charge in [-0.15, -0.1) is 11.3 Å². The van der Waals surface area contributed by atoms with Crippen molar-refractivity contribution in [1.82, 2.24) is 0 Å². The summed E-state index contributed by atoms with van der Waals surface area (Å²) in [6.45, 7) is 0. The van der Waals surface area contributed by atoms with Gasteiger partial charge in [-0.3, -0.25) is 0 Å². The van der Waals surface area contributed by atoms with Crippen molar-refractivity contribution in [2.75, 3.05) is 7.11 Å². The van der Waals surface area contributed by atoms with Gasteiger partial charge in [0.1, 0.15) is 11.9 Å². The smallest absolute Gasteiger partial charge is 0.238 e. The van der Waals surface area contributed by atoms with Gasteiger partial charge in [0.25, 0.3) is 0 Å². The average Bonchev–Trinajstić information content (AvgIpc) is 2.87. The number of hydrogen-bond acceptors (Lipinski definition) is 5. The normalized spacial score (nSPS) is 13.2. The number of nitrogens with two attached hydrogens (primary N) is 1. The van der Waals surface area contributed by atoms with Crippen molar-refractivity contribution in [2.45, 2.75) is 11.0 Å². The van der Waals surface area contributed by atoms with E-state index in [1.54, 1.807) is 31.4 Å². The van der Waals surface area contributed by atoms with Gasteiger partial charge >= 0.3 is 0 Å². The van der Waals surface area contributed by atoms with Crippen LogP contribution in [0.4, 0.5) is 0 Å². The Morgan fingerprint density at radius 3 is 2.42 bits per heavy atom. The summed E-state index contributed by atoms with van der Waals surface area (Å²) in [6, 6.07) is 8.29. The molecule has 7 heteroatoms. The average molecular weight is 299 g/mol. The fourth-order valence-electron chi connectivity index (χ4n) is 1.58. The second-order valence-electron chi connectivity index (χ2n) is 3.91. The lowest BCUT2D eigenvalue weighted by molar-refractivity contribution is 0.224. The summed E-state index contributed by atoms with van der Waals surface area (Å²) < 4.78 is 27.4. The van der Waals surface area contributed by atoms with Crippen LogP contribution in [0.5, 0.6) is 5.75 Å². The molecule has 0 aliphatic carbocycles. The number of thiophene rings is 1. The van der Waals surface area contributed by atoms with Crippen LogP contribution >= 0.6 is 11.3 Å². The van der Waals surface area contributed by atoms with Crippen molar-refractivity contribution in [2.24, 2.45) is 5.14 Å². The SMILES string of the molecule is COc1ccc(C(O)c2cc(S(N)(=O)=O)cs2)cc1. The molecule has 0 saturated carbocycles. The number of aliphatic hydroxyl groups is 1. The van der Waals surface area contributed by atoms with E-state index >= 15 is 0 Å². The summed E-state index contributed by atoms with van der Waals surface area (Å²) >= 11 is 1.15. The van der Waals surface area contributed by atoms with Crippen LogP contribution in [0.15, 0.2) is 40.6 Å². The summed E-state index contributed by atoms with van der Waals surface area (Å²) in [4.78, 5) is 0.536. The van der Waals surface area contributed by atoms with E-state index in [2.05, 4.69) is 0 Å². The minimum absolute atomic E-state index is 0.0139. The number of ether oxygens (including phenoxy) is 1. The number of aliphatic hydroxyl groups excluding tert-OH is 1. The molecule has 0 amide bonds. The molecule has 1 unspecified atom stereocenters. The Labute approximate surface area is 115 Å². The first kappa shape index (κ1) is 14.0. The molecular weight excluding hydrogens is 286 g/mol. The van der Waals surface area contributed by atoms with E-state index in [0.29, 0.717) is 16.2 Å². The predicted octanol–water partition coefficient (Wildman–Crippen LogP) is 1.49. The summed E-state index contributed by atoms with van der Waals surface area (Å²) in [6.07, 6.45) is -0.883. The first-order chi connectivity index (χ1) is 8.91. The van der Waals surface area contributed by atoms with Crippen molar-refractivity contribution >= 4 is 21.4 Å². The first-order valence-electron chi connectivity index (χ1n) is 5.35. The lowest BCUT2D eigenvalue weighted by Gasteiger charge is -2.09. The quantitative estimate of drug-likeness (QED) is 0.895. The highest BCUT2D eigenvalue weighted by atomic mass is 32.2. The van der Waals surface area contributed by atoms with Gasteiger partial charge in [0.05, 0.1) is 12.0 Å². The Hall–Kier alpha value is -1.41. The lowest BCUT2D eigenvalue weighted by Crippen LogP contribution is -2.10. The predicted molar refractivity (Wildman–Crippen MR) is 72.7 cm³/mol. The van der Waals surface area contributed by atoms with Crippen LogP contribution in [0.3, 0.4) is 0 Å². The van der Waals surface area contributed by atoms with Crippen LogP contribution in [0.2, 0.25) is 0 Å². The number of sulfonamides is 1. The summed E-state index contributed by atoms with van der Waals surface area (Å²) in [7, 11) is -2.17. The molecular formula is C12H13NO4S2. The van der Waals surface area contributed by atoms with E-state index in [1.165, 1.54) is 11.4 Å².